The van der Waals surface area contributed by atoms with E-state index in [0.29, 0.717) is 16.9 Å². The highest BCUT2D eigenvalue weighted by Gasteiger charge is 2.53. The van der Waals surface area contributed by atoms with Gasteiger partial charge in [-0.25, -0.2) is 13.2 Å². The smallest absolute Gasteiger partial charge is 0.416 e. The molecule has 240 valence electrons. The number of esters is 1. The molecular formula is C33H40F3NO5S2. The standard InChI is InChI=1S/C33H40F3NO5S2/c1-20-17-28(43-29-27(38)19-32(42-30(29)39,21-9-5-6-10-21)22-11-7-8-12-22)25(31(2,3)4)18-26(20)37-44(40,41)24-15-13-23(14-16-24)33(34,35)36/h13-18,21-22,37-38H,5-12,19H2,1-4H3. The largest absolute Gasteiger partial charge is 0.511 e. The molecule has 0 aromatic heterocycles. The number of hydrogen-bond donors (Lipinski definition) is 2. The molecule has 1 heterocycles. The average Bonchev–Trinajstić information content (AvgIpc) is 3.66. The summed E-state index contributed by atoms with van der Waals surface area (Å²) >= 11 is 1.13. The van der Waals surface area contributed by atoms with E-state index < -0.39 is 38.7 Å². The molecule has 0 atom stereocenters. The van der Waals surface area contributed by atoms with Gasteiger partial charge in [0, 0.05) is 11.3 Å². The molecule has 2 aromatic carbocycles. The van der Waals surface area contributed by atoms with Crippen molar-refractivity contribution in [2.24, 2.45) is 11.8 Å². The van der Waals surface area contributed by atoms with E-state index >= 15 is 0 Å². The zero-order valence-corrected chi connectivity index (χ0v) is 27.1. The minimum atomic E-state index is -4.58. The van der Waals surface area contributed by atoms with Gasteiger partial charge < -0.3 is 9.84 Å². The summed E-state index contributed by atoms with van der Waals surface area (Å²) in [6.07, 6.45) is 4.13. The first-order chi connectivity index (χ1) is 20.5. The third-order valence-corrected chi connectivity index (χ3v) is 11.9. The summed E-state index contributed by atoms with van der Waals surface area (Å²) in [5.74, 6) is 0.0250. The van der Waals surface area contributed by atoms with E-state index in [9.17, 15) is 31.5 Å². The number of aliphatic hydroxyl groups excluding tert-OH is 1. The predicted molar refractivity (Wildman–Crippen MR) is 165 cm³/mol. The van der Waals surface area contributed by atoms with E-state index in [0.717, 1.165) is 93.0 Å². The second-order valence-corrected chi connectivity index (χ2v) is 16.1. The lowest BCUT2D eigenvalue weighted by molar-refractivity contribution is -0.175. The third kappa shape index (κ3) is 6.50. The van der Waals surface area contributed by atoms with Crippen LogP contribution in [-0.2, 0) is 31.1 Å². The van der Waals surface area contributed by atoms with Gasteiger partial charge in [-0.2, -0.15) is 13.2 Å². The number of halogens is 3. The van der Waals surface area contributed by atoms with Crippen LogP contribution in [0.5, 0.6) is 0 Å². The van der Waals surface area contributed by atoms with E-state index in [1.165, 1.54) is 0 Å². The number of rotatable bonds is 7. The van der Waals surface area contributed by atoms with Crippen molar-refractivity contribution in [3.8, 4) is 0 Å². The summed E-state index contributed by atoms with van der Waals surface area (Å²) < 4.78 is 74.2. The minimum absolute atomic E-state index is 0.0506. The number of carbonyl (C=O) groups is 1. The molecule has 2 saturated carbocycles. The van der Waals surface area contributed by atoms with Crippen molar-refractivity contribution >= 4 is 33.4 Å². The number of benzene rings is 2. The fourth-order valence-electron chi connectivity index (χ4n) is 7.03. The number of anilines is 1. The molecule has 0 unspecified atom stereocenters. The Morgan fingerprint density at radius 1 is 0.955 bits per heavy atom. The van der Waals surface area contributed by atoms with Crippen LogP contribution in [0, 0.1) is 18.8 Å². The van der Waals surface area contributed by atoms with Crippen LogP contribution in [-0.4, -0.2) is 25.1 Å². The van der Waals surface area contributed by atoms with Crippen LogP contribution >= 0.6 is 11.8 Å². The molecule has 0 amide bonds. The van der Waals surface area contributed by atoms with Crippen LogP contribution in [0.15, 0.2) is 56.9 Å². The summed E-state index contributed by atoms with van der Waals surface area (Å²) in [5.41, 5.74) is -0.545. The fourth-order valence-corrected chi connectivity index (χ4v) is 9.40. The zero-order chi connectivity index (χ0) is 32.1. The van der Waals surface area contributed by atoms with Gasteiger partial charge in [0.15, 0.2) is 0 Å². The van der Waals surface area contributed by atoms with Gasteiger partial charge in [-0.05, 0) is 97.4 Å². The van der Waals surface area contributed by atoms with Crippen LogP contribution in [0.1, 0.15) is 95.2 Å². The van der Waals surface area contributed by atoms with Crippen molar-refractivity contribution in [1.29, 1.82) is 0 Å². The Kier molecular flexibility index (Phi) is 8.87. The quantitative estimate of drug-likeness (QED) is 0.290. The summed E-state index contributed by atoms with van der Waals surface area (Å²) in [6.45, 7) is 7.57. The molecule has 0 bridgehead atoms. The minimum Gasteiger partial charge on any atom is -0.511 e. The maximum Gasteiger partial charge on any atom is 0.416 e. The molecule has 2 fully saturated rings. The number of aryl methyl sites for hydroxylation is 1. The average molecular weight is 652 g/mol. The summed E-state index contributed by atoms with van der Waals surface area (Å²) in [6, 6.07) is 6.78. The Morgan fingerprint density at radius 3 is 1.98 bits per heavy atom. The highest BCUT2D eigenvalue weighted by Crippen LogP contribution is 2.53. The van der Waals surface area contributed by atoms with Crippen molar-refractivity contribution in [3.63, 3.8) is 0 Å². The van der Waals surface area contributed by atoms with Crippen LogP contribution in [0.4, 0.5) is 18.9 Å². The van der Waals surface area contributed by atoms with Gasteiger partial charge in [-0.1, -0.05) is 58.2 Å². The summed E-state index contributed by atoms with van der Waals surface area (Å²) in [4.78, 5) is 14.2. The van der Waals surface area contributed by atoms with Crippen molar-refractivity contribution < 1.29 is 36.2 Å². The highest BCUT2D eigenvalue weighted by molar-refractivity contribution is 8.04. The van der Waals surface area contributed by atoms with E-state index in [-0.39, 0.29) is 33.1 Å². The van der Waals surface area contributed by atoms with Gasteiger partial charge >= 0.3 is 12.1 Å². The van der Waals surface area contributed by atoms with E-state index in [2.05, 4.69) is 4.72 Å². The maximum atomic E-state index is 13.7. The number of hydrogen-bond acceptors (Lipinski definition) is 6. The first-order valence-electron chi connectivity index (χ1n) is 15.2. The first-order valence-corrected chi connectivity index (χ1v) is 17.5. The molecule has 0 saturated heterocycles. The van der Waals surface area contributed by atoms with Crippen molar-refractivity contribution in [1.82, 2.24) is 0 Å². The number of cyclic esters (lactones) is 1. The van der Waals surface area contributed by atoms with Crippen molar-refractivity contribution in [3.05, 3.63) is 63.8 Å². The van der Waals surface area contributed by atoms with E-state index in [1.807, 2.05) is 20.8 Å². The summed E-state index contributed by atoms with van der Waals surface area (Å²) in [5, 5.41) is 11.4. The maximum absolute atomic E-state index is 13.7. The van der Waals surface area contributed by atoms with Gasteiger partial charge in [-0.3, -0.25) is 4.72 Å². The normalized spacial score (nSPS) is 20.3. The van der Waals surface area contributed by atoms with Crippen LogP contribution in [0.3, 0.4) is 0 Å². The second kappa shape index (κ2) is 11.9. The number of sulfonamides is 1. The predicted octanol–water partition coefficient (Wildman–Crippen LogP) is 9.04. The molecule has 5 rings (SSSR count). The number of alkyl halides is 3. The lowest BCUT2D eigenvalue weighted by atomic mass is 9.71. The zero-order valence-electron chi connectivity index (χ0n) is 25.5. The number of ether oxygens (including phenoxy) is 1. The fraction of sp³-hybridized carbons (Fsp3) is 0.545. The summed E-state index contributed by atoms with van der Waals surface area (Å²) in [7, 11) is -4.19. The molecule has 0 radical (unpaired) electrons. The van der Waals surface area contributed by atoms with E-state index in [4.69, 9.17) is 4.74 Å². The number of aliphatic hydroxyl groups is 1. The molecule has 11 heteroatoms. The van der Waals surface area contributed by atoms with Crippen LogP contribution in [0.2, 0.25) is 0 Å². The first kappa shape index (κ1) is 32.7. The third-order valence-electron chi connectivity index (χ3n) is 9.35. The van der Waals surface area contributed by atoms with Crippen LogP contribution in [0.25, 0.3) is 0 Å². The molecule has 44 heavy (non-hydrogen) atoms. The van der Waals surface area contributed by atoms with Crippen molar-refractivity contribution in [2.75, 3.05) is 4.72 Å². The Bertz CT molecular complexity index is 1530. The molecule has 0 spiro atoms. The molecule has 2 aliphatic carbocycles. The molecule has 1 aliphatic heterocycles. The monoisotopic (exact) mass is 651 g/mol. The molecule has 2 N–H and O–H groups in total. The Hall–Kier alpha value is -2.66. The molecular weight excluding hydrogens is 611 g/mol. The Balaban J connectivity index is 1.45. The lowest BCUT2D eigenvalue weighted by Crippen LogP contribution is -2.50. The molecule has 2 aromatic rings. The highest BCUT2D eigenvalue weighted by atomic mass is 32.2. The molecule has 3 aliphatic rings. The lowest BCUT2D eigenvalue weighted by Gasteiger charge is -2.45. The number of nitrogens with one attached hydrogen (secondary N) is 1. The molecule has 6 nitrogen and oxygen atoms in total. The SMILES string of the molecule is Cc1cc(SC2=C(O)CC(C3CCCC3)(C3CCCC3)OC2=O)c(C(C)(C)C)cc1NS(=O)(=O)c1ccc(C(F)(F)F)cc1. The van der Waals surface area contributed by atoms with Gasteiger partial charge in [0.25, 0.3) is 10.0 Å². The van der Waals surface area contributed by atoms with Crippen molar-refractivity contribution in [2.45, 2.75) is 112 Å². The van der Waals surface area contributed by atoms with E-state index in [1.54, 1.807) is 19.1 Å². The second-order valence-electron chi connectivity index (χ2n) is 13.4. The Morgan fingerprint density at radius 2 is 1.50 bits per heavy atom. The number of thioether (sulfide) groups is 1. The van der Waals surface area contributed by atoms with Gasteiger partial charge in [-0.15, -0.1) is 0 Å². The van der Waals surface area contributed by atoms with Gasteiger partial charge in [0.2, 0.25) is 0 Å². The Labute approximate surface area is 261 Å². The van der Waals surface area contributed by atoms with Gasteiger partial charge in [0.1, 0.15) is 16.3 Å². The van der Waals surface area contributed by atoms with Gasteiger partial charge in [0.05, 0.1) is 16.1 Å². The number of carbonyl (C=O) groups excluding carboxylic acids is 1. The topological polar surface area (TPSA) is 92.7 Å². The van der Waals surface area contributed by atoms with Crippen LogP contribution < -0.4 is 4.72 Å².